The fraction of sp³-hybridized carbons (Fsp3) is 0.867. The largest absolute Gasteiger partial charge is 0.465 e. The highest BCUT2D eigenvalue weighted by Crippen LogP contribution is 2.17. The van der Waals surface area contributed by atoms with E-state index in [-0.39, 0.29) is 12.0 Å². The van der Waals surface area contributed by atoms with Crippen molar-refractivity contribution in [1.29, 1.82) is 0 Å². The molecule has 0 saturated carbocycles. The van der Waals surface area contributed by atoms with Crippen molar-refractivity contribution in [3.63, 3.8) is 0 Å². The summed E-state index contributed by atoms with van der Waals surface area (Å²) in [7, 11) is -1.23. The third-order valence-corrected chi connectivity index (χ3v) is 5.59. The fourth-order valence-electron chi connectivity index (χ4n) is 2.43. The maximum atomic E-state index is 11.9. The van der Waals surface area contributed by atoms with E-state index in [1.165, 1.54) is 4.90 Å². The highest BCUT2D eigenvalue weighted by atomic mass is 28.3. The summed E-state index contributed by atoms with van der Waals surface area (Å²) >= 11 is 0. The molecule has 1 rings (SSSR count). The Balaban J connectivity index is 2.49. The van der Waals surface area contributed by atoms with Crippen LogP contribution in [0.25, 0.3) is 0 Å². The molecule has 23 heavy (non-hydrogen) atoms. The molecule has 134 valence electrons. The summed E-state index contributed by atoms with van der Waals surface area (Å²) in [6.45, 7) is 12.6. The van der Waals surface area contributed by atoms with Gasteiger partial charge in [-0.2, -0.15) is 0 Å². The van der Waals surface area contributed by atoms with Crippen molar-refractivity contribution in [1.82, 2.24) is 15.5 Å². The lowest BCUT2D eigenvalue weighted by atomic mass is 10.0. The Labute approximate surface area is 139 Å². The Morgan fingerprint density at radius 3 is 2.48 bits per heavy atom. The standard InChI is InChI=1S/C15H31N3O4Si/c1-11(2)16-8-12-9-18(15(20)21)10-13(12)17-14(19)22-6-7-23(3,4)5/h11-13,16H,6-10H2,1-5H3,(H,17,19)(H,20,21)/t12-,13-/m1/s1. The Kier molecular flexibility index (Phi) is 7.33. The molecule has 0 bridgehead atoms. The van der Waals surface area contributed by atoms with Gasteiger partial charge in [0.25, 0.3) is 0 Å². The van der Waals surface area contributed by atoms with Crippen LogP contribution in [0, 0.1) is 5.92 Å². The zero-order valence-electron chi connectivity index (χ0n) is 14.9. The Hall–Kier alpha value is -1.28. The van der Waals surface area contributed by atoms with Crippen LogP contribution in [-0.2, 0) is 4.74 Å². The number of likely N-dealkylation sites (tertiary alicyclic amines) is 1. The van der Waals surface area contributed by atoms with Gasteiger partial charge in [-0.1, -0.05) is 33.5 Å². The van der Waals surface area contributed by atoms with E-state index < -0.39 is 20.3 Å². The van der Waals surface area contributed by atoms with Crippen LogP contribution in [0.1, 0.15) is 13.8 Å². The molecule has 2 atom stereocenters. The molecule has 0 unspecified atom stereocenters. The average molecular weight is 346 g/mol. The van der Waals surface area contributed by atoms with Gasteiger partial charge in [0.05, 0.1) is 12.6 Å². The lowest BCUT2D eigenvalue weighted by molar-refractivity contribution is 0.143. The summed E-state index contributed by atoms with van der Waals surface area (Å²) in [6, 6.07) is 1.03. The number of amides is 2. The van der Waals surface area contributed by atoms with Gasteiger partial charge < -0.3 is 25.4 Å². The van der Waals surface area contributed by atoms with Gasteiger partial charge in [-0.05, 0) is 6.04 Å². The average Bonchev–Trinajstić information content (AvgIpc) is 2.78. The number of carbonyl (C=O) groups excluding carboxylic acids is 1. The number of rotatable bonds is 7. The maximum Gasteiger partial charge on any atom is 0.407 e. The third-order valence-electron chi connectivity index (χ3n) is 3.89. The summed E-state index contributed by atoms with van der Waals surface area (Å²) < 4.78 is 5.25. The molecule has 2 amide bonds. The first-order valence-corrected chi connectivity index (χ1v) is 11.9. The van der Waals surface area contributed by atoms with Crippen molar-refractivity contribution in [2.24, 2.45) is 5.92 Å². The van der Waals surface area contributed by atoms with Crippen LogP contribution in [0.4, 0.5) is 9.59 Å². The van der Waals surface area contributed by atoms with E-state index >= 15 is 0 Å². The smallest absolute Gasteiger partial charge is 0.407 e. The number of carbonyl (C=O) groups is 2. The molecule has 1 aliphatic heterocycles. The van der Waals surface area contributed by atoms with Gasteiger partial charge in [0.2, 0.25) is 0 Å². The fourth-order valence-corrected chi connectivity index (χ4v) is 3.14. The first kappa shape index (κ1) is 19.8. The Bertz CT molecular complexity index is 412. The van der Waals surface area contributed by atoms with Crippen LogP contribution >= 0.6 is 0 Å². The van der Waals surface area contributed by atoms with Crippen LogP contribution in [-0.4, -0.2) is 68.6 Å². The molecular weight excluding hydrogens is 314 g/mol. The van der Waals surface area contributed by atoms with E-state index in [9.17, 15) is 9.59 Å². The topological polar surface area (TPSA) is 90.9 Å². The van der Waals surface area contributed by atoms with Gasteiger partial charge in [0.1, 0.15) is 0 Å². The van der Waals surface area contributed by atoms with Crippen LogP contribution in [0.15, 0.2) is 0 Å². The molecule has 0 aliphatic carbocycles. The van der Waals surface area contributed by atoms with Gasteiger partial charge in [-0.25, -0.2) is 9.59 Å². The van der Waals surface area contributed by atoms with Crippen molar-refractivity contribution in [2.45, 2.75) is 51.6 Å². The predicted molar refractivity (Wildman–Crippen MR) is 92.7 cm³/mol. The molecule has 0 spiro atoms. The highest BCUT2D eigenvalue weighted by molar-refractivity contribution is 6.76. The minimum absolute atomic E-state index is 0.0537. The normalized spacial score (nSPS) is 21.6. The summed E-state index contributed by atoms with van der Waals surface area (Å²) in [5.41, 5.74) is 0. The van der Waals surface area contributed by atoms with E-state index in [1.54, 1.807) is 0 Å². The van der Waals surface area contributed by atoms with E-state index in [4.69, 9.17) is 9.84 Å². The molecule has 1 saturated heterocycles. The van der Waals surface area contributed by atoms with Crippen molar-refractivity contribution >= 4 is 20.3 Å². The maximum absolute atomic E-state index is 11.9. The Morgan fingerprint density at radius 2 is 1.96 bits per heavy atom. The van der Waals surface area contributed by atoms with Gasteiger partial charge in [-0.15, -0.1) is 0 Å². The molecule has 3 N–H and O–H groups in total. The van der Waals surface area contributed by atoms with Gasteiger partial charge in [-0.3, -0.25) is 0 Å². The molecule has 0 radical (unpaired) electrons. The number of nitrogens with one attached hydrogen (secondary N) is 2. The summed E-state index contributed by atoms with van der Waals surface area (Å²) in [4.78, 5) is 24.5. The van der Waals surface area contributed by atoms with E-state index in [1.807, 2.05) is 13.8 Å². The van der Waals surface area contributed by atoms with Gasteiger partial charge in [0.15, 0.2) is 0 Å². The van der Waals surface area contributed by atoms with Crippen LogP contribution in [0.2, 0.25) is 25.7 Å². The summed E-state index contributed by atoms with van der Waals surface area (Å²) in [6.07, 6.45) is -1.40. The van der Waals surface area contributed by atoms with Crippen molar-refractivity contribution in [2.75, 3.05) is 26.2 Å². The summed E-state index contributed by atoms with van der Waals surface area (Å²) in [5, 5.41) is 15.3. The second kappa shape index (κ2) is 8.54. The number of hydrogen-bond acceptors (Lipinski definition) is 4. The second-order valence-electron chi connectivity index (χ2n) is 7.71. The minimum Gasteiger partial charge on any atom is -0.465 e. The second-order valence-corrected chi connectivity index (χ2v) is 13.3. The molecule has 1 heterocycles. The molecule has 8 heteroatoms. The first-order valence-electron chi connectivity index (χ1n) is 8.23. The van der Waals surface area contributed by atoms with Crippen molar-refractivity contribution < 1.29 is 19.4 Å². The molecule has 7 nitrogen and oxygen atoms in total. The first-order chi connectivity index (χ1) is 10.6. The third kappa shape index (κ3) is 7.69. The van der Waals surface area contributed by atoms with Gasteiger partial charge >= 0.3 is 12.2 Å². The number of alkyl carbamates (subject to hydrolysis) is 1. The predicted octanol–water partition coefficient (Wildman–Crippen LogP) is 2.03. The molecule has 0 aromatic carbocycles. The molecule has 1 aliphatic rings. The number of nitrogens with zero attached hydrogens (tertiary/aromatic N) is 1. The molecule has 0 aromatic rings. The number of ether oxygens (including phenoxy) is 1. The monoisotopic (exact) mass is 345 g/mol. The quantitative estimate of drug-likeness (QED) is 0.614. The summed E-state index contributed by atoms with van der Waals surface area (Å²) in [5.74, 6) is 0.0537. The SMILES string of the molecule is CC(C)NC[C@@H]1CN(C(=O)O)C[C@H]1NC(=O)OCC[Si](C)(C)C. The molecule has 1 fully saturated rings. The van der Waals surface area contributed by atoms with Crippen LogP contribution in [0.3, 0.4) is 0 Å². The zero-order chi connectivity index (χ0) is 17.6. The van der Waals surface area contributed by atoms with E-state index in [0.29, 0.717) is 32.3 Å². The van der Waals surface area contributed by atoms with E-state index in [2.05, 4.69) is 30.3 Å². The minimum atomic E-state index is -1.23. The number of hydrogen-bond donors (Lipinski definition) is 3. The zero-order valence-corrected chi connectivity index (χ0v) is 15.9. The molecule has 0 aromatic heterocycles. The lowest BCUT2D eigenvalue weighted by Crippen LogP contribution is -2.44. The highest BCUT2D eigenvalue weighted by Gasteiger charge is 2.36. The van der Waals surface area contributed by atoms with Crippen molar-refractivity contribution in [3.8, 4) is 0 Å². The Morgan fingerprint density at radius 1 is 1.30 bits per heavy atom. The van der Waals surface area contributed by atoms with Gasteiger partial charge in [0, 0.05) is 39.7 Å². The van der Waals surface area contributed by atoms with Crippen molar-refractivity contribution in [3.05, 3.63) is 0 Å². The number of carboxylic acid groups (broad SMARTS) is 1. The lowest BCUT2D eigenvalue weighted by Gasteiger charge is -2.21. The van der Waals surface area contributed by atoms with Crippen LogP contribution < -0.4 is 10.6 Å². The molecular formula is C15H31N3O4Si. The van der Waals surface area contributed by atoms with E-state index in [0.717, 1.165) is 6.04 Å². The van der Waals surface area contributed by atoms with Crippen LogP contribution in [0.5, 0.6) is 0 Å².